The Morgan fingerprint density at radius 2 is 1.84 bits per heavy atom. The summed E-state index contributed by atoms with van der Waals surface area (Å²) in [6, 6.07) is 15.8. The SMILES string of the molecule is CN(CC(=O)Nc1ccn(Cc2ccncc2)n1)Cc1ccccc1. The van der Waals surface area contributed by atoms with Gasteiger partial charge >= 0.3 is 0 Å². The van der Waals surface area contributed by atoms with Crippen molar-refractivity contribution in [3.05, 3.63) is 78.2 Å². The molecule has 25 heavy (non-hydrogen) atoms. The fraction of sp³-hybridized carbons (Fsp3) is 0.211. The minimum atomic E-state index is -0.0763. The van der Waals surface area contributed by atoms with Crippen molar-refractivity contribution in [1.82, 2.24) is 19.7 Å². The number of anilines is 1. The number of amides is 1. The molecule has 1 amide bonds. The second-order valence-electron chi connectivity index (χ2n) is 5.96. The molecule has 2 heterocycles. The van der Waals surface area contributed by atoms with Gasteiger partial charge in [0.05, 0.1) is 13.1 Å². The van der Waals surface area contributed by atoms with Gasteiger partial charge in [-0.15, -0.1) is 0 Å². The van der Waals surface area contributed by atoms with E-state index in [4.69, 9.17) is 0 Å². The molecule has 0 unspecified atom stereocenters. The van der Waals surface area contributed by atoms with E-state index in [-0.39, 0.29) is 5.91 Å². The van der Waals surface area contributed by atoms with E-state index >= 15 is 0 Å². The number of hydrogen-bond acceptors (Lipinski definition) is 4. The minimum absolute atomic E-state index is 0.0763. The van der Waals surface area contributed by atoms with E-state index in [0.29, 0.717) is 18.9 Å². The number of hydrogen-bond donors (Lipinski definition) is 1. The molecule has 0 radical (unpaired) electrons. The first-order valence-electron chi connectivity index (χ1n) is 8.14. The lowest BCUT2D eigenvalue weighted by molar-refractivity contribution is -0.117. The fourth-order valence-corrected chi connectivity index (χ4v) is 2.57. The van der Waals surface area contributed by atoms with Crippen LogP contribution in [-0.2, 0) is 17.9 Å². The first kappa shape index (κ1) is 16.9. The molecule has 0 bridgehead atoms. The summed E-state index contributed by atoms with van der Waals surface area (Å²) in [5.41, 5.74) is 2.29. The Balaban J connectivity index is 1.49. The van der Waals surface area contributed by atoms with Crippen molar-refractivity contribution in [3.8, 4) is 0 Å². The zero-order valence-electron chi connectivity index (χ0n) is 14.2. The Labute approximate surface area is 147 Å². The van der Waals surface area contributed by atoms with Crippen LogP contribution < -0.4 is 5.32 Å². The summed E-state index contributed by atoms with van der Waals surface area (Å²) in [4.78, 5) is 18.1. The van der Waals surface area contributed by atoms with Gasteiger partial charge < -0.3 is 5.32 Å². The van der Waals surface area contributed by atoms with E-state index in [9.17, 15) is 4.79 Å². The number of carbonyl (C=O) groups excluding carboxylic acids is 1. The third-order valence-corrected chi connectivity index (χ3v) is 3.71. The van der Waals surface area contributed by atoms with E-state index in [2.05, 4.69) is 27.5 Å². The second-order valence-corrected chi connectivity index (χ2v) is 5.96. The summed E-state index contributed by atoms with van der Waals surface area (Å²) >= 11 is 0. The molecule has 0 saturated carbocycles. The zero-order chi connectivity index (χ0) is 17.5. The molecule has 6 heteroatoms. The van der Waals surface area contributed by atoms with E-state index in [1.807, 2.05) is 48.5 Å². The predicted molar refractivity (Wildman–Crippen MR) is 97.0 cm³/mol. The first-order valence-corrected chi connectivity index (χ1v) is 8.14. The topological polar surface area (TPSA) is 63.1 Å². The highest BCUT2D eigenvalue weighted by Gasteiger charge is 2.09. The Morgan fingerprint density at radius 3 is 2.60 bits per heavy atom. The van der Waals surface area contributed by atoms with Crippen molar-refractivity contribution in [2.75, 3.05) is 18.9 Å². The van der Waals surface area contributed by atoms with Crippen LogP contribution in [0.25, 0.3) is 0 Å². The van der Waals surface area contributed by atoms with Crippen LogP contribution in [-0.4, -0.2) is 39.2 Å². The molecule has 1 aromatic carbocycles. The Kier molecular flexibility index (Phi) is 5.53. The largest absolute Gasteiger partial charge is 0.308 e. The number of aromatic nitrogens is 3. The van der Waals surface area contributed by atoms with Crippen molar-refractivity contribution in [2.45, 2.75) is 13.1 Å². The van der Waals surface area contributed by atoms with Gasteiger partial charge in [-0.2, -0.15) is 5.10 Å². The highest BCUT2D eigenvalue weighted by atomic mass is 16.2. The highest BCUT2D eigenvalue weighted by molar-refractivity contribution is 5.91. The monoisotopic (exact) mass is 335 g/mol. The lowest BCUT2D eigenvalue weighted by atomic mass is 10.2. The number of rotatable bonds is 7. The van der Waals surface area contributed by atoms with Gasteiger partial charge in [-0.1, -0.05) is 30.3 Å². The molecule has 0 aliphatic heterocycles. The molecule has 0 saturated heterocycles. The first-order chi connectivity index (χ1) is 12.2. The summed E-state index contributed by atoms with van der Waals surface area (Å²) < 4.78 is 1.79. The molecule has 3 aromatic rings. The van der Waals surface area contributed by atoms with Crippen molar-refractivity contribution in [1.29, 1.82) is 0 Å². The Hall–Kier alpha value is -2.99. The lowest BCUT2D eigenvalue weighted by Gasteiger charge is -2.15. The minimum Gasteiger partial charge on any atom is -0.308 e. The maximum absolute atomic E-state index is 12.2. The molecule has 0 aliphatic rings. The van der Waals surface area contributed by atoms with Crippen LogP contribution in [0.1, 0.15) is 11.1 Å². The summed E-state index contributed by atoms with van der Waals surface area (Å²) in [5, 5.41) is 7.22. The molecule has 2 aromatic heterocycles. The summed E-state index contributed by atoms with van der Waals surface area (Å²) in [6.07, 6.45) is 5.36. The molecule has 6 nitrogen and oxygen atoms in total. The van der Waals surface area contributed by atoms with Gasteiger partial charge in [0.1, 0.15) is 0 Å². The van der Waals surface area contributed by atoms with Gasteiger partial charge in [0.25, 0.3) is 0 Å². The van der Waals surface area contributed by atoms with Crippen LogP contribution in [0.3, 0.4) is 0 Å². The van der Waals surface area contributed by atoms with Crippen LogP contribution in [0.15, 0.2) is 67.1 Å². The zero-order valence-corrected chi connectivity index (χ0v) is 14.2. The standard InChI is InChI=1S/C19H21N5O/c1-23(13-16-5-3-2-4-6-16)15-19(25)21-18-9-12-24(22-18)14-17-7-10-20-11-8-17/h2-12H,13-15H2,1H3,(H,21,22,25). The molecular weight excluding hydrogens is 314 g/mol. The number of pyridine rings is 1. The second kappa shape index (κ2) is 8.21. The molecule has 3 rings (SSSR count). The van der Waals surface area contributed by atoms with Crippen LogP contribution in [0.5, 0.6) is 0 Å². The Morgan fingerprint density at radius 1 is 1.08 bits per heavy atom. The van der Waals surface area contributed by atoms with Crippen LogP contribution in [0.4, 0.5) is 5.82 Å². The number of carbonyl (C=O) groups is 1. The van der Waals surface area contributed by atoms with Crippen molar-refractivity contribution >= 4 is 11.7 Å². The Bertz CT molecular complexity index is 801. The number of likely N-dealkylation sites (N-methyl/N-ethyl adjacent to an activating group) is 1. The van der Waals surface area contributed by atoms with Gasteiger partial charge in [-0.25, -0.2) is 0 Å². The van der Waals surface area contributed by atoms with E-state index in [0.717, 1.165) is 12.1 Å². The summed E-state index contributed by atoms with van der Waals surface area (Å²) in [6.45, 7) is 1.68. The summed E-state index contributed by atoms with van der Waals surface area (Å²) in [7, 11) is 1.93. The number of nitrogens with one attached hydrogen (secondary N) is 1. The highest BCUT2D eigenvalue weighted by Crippen LogP contribution is 2.07. The lowest BCUT2D eigenvalue weighted by Crippen LogP contribution is -2.30. The summed E-state index contributed by atoms with van der Waals surface area (Å²) in [5.74, 6) is 0.486. The normalized spacial score (nSPS) is 10.8. The maximum atomic E-state index is 12.2. The number of benzene rings is 1. The van der Waals surface area contributed by atoms with E-state index in [1.165, 1.54) is 5.56 Å². The molecule has 0 fully saturated rings. The molecule has 1 N–H and O–H groups in total. The number of nitrogens with zero attached hydrogens (tertiary/aromatic N) is 4. The van der Waals surface area contributed by atoms with Crippen molar-refractivity contribution in [2.24, 2.45) is 0 Å². The van der Waals surface area contributed by atoms with E-state index in [1.54, 1.807) is 23.1 Å². The maximum Gasteiger partial charge on any atom is 0.239 e. The van der Waals surface area contributed by atoms with Gasteiger partial charge in [-0.05, 0) is 30.3 Å². The van der Waals surface area contributed by atoms with Gasteiger partial charge in [0.15, 0.2) is 5.82 Å². The van der Waals surface area contributed by atoms with Gasteiger partial charge in [0.2, 0.25) is 5.91 Å². The van der Waals surface area contributed by atoms with Gasteiger partial charge in [-0.3, -0.25) is 19.4 Å². The van der Waals surface area contributed by atoms with Crippen LogP contribution >= 0.6 is 0 Å². The quantitative estimate of drug-likeness (QED) is 0.720. The van der Waals surface area contributed by atoms with Crippen molar-refractivity contribution < 1.29 is 4.79 Å². The van der Waals surface area contributed by atoms with Crippen molar-refractivity contribution in [3.63, 3.8) is 0 Å². The predicted octanol–water partition coefficient (Wildman–Crippen LogP) is 2.40. The average molecular weight is 335 g/mol. The van der Waals surface area contributed by atoms with Crippen LogP contribution in [0.2, 0.25) is 0 Å². The molecule has 0 aliphatic carbocycles. The third kappa shape index (κ3) is 5.26. The average Bonchev–Trinajstić information content (AvgIpc) is 3.03. The fourth-order valence-electron chi connectivity index (χ4n) is 2.57. The molecule has 128 valence electrons. The van der Waals surface area contributed by atoms with E-state index < -0.39 is 0 Å². The third-order valence-electron chi connectivity index (χ3n) is 3.71. The molecule has 0 atom stereocenters. The smallest absolute Gasteiger partial charge is 0.239 e. The van der Waals surface area contributed by atoms with Gasteiger partial charge in [0, 0.05) is 31.2 Å². The van der Waals surface area contributed by atoms with Crippen LogP contribution in [0, 0.1) is 0 Å². The molecule has 0 spiro atoms. The molecular formula is C19H21N5O.